The number of sulfonamides is 1. The Labute approximate surface area is 128 Å². The number of aryl methyl sites for hydroxylation is 2. The van der Waals surface area contributed by atoms with Crippen LogP contribution in [-0.4, -0.2) is 25.8 Å². The number of hydrogen-bond donors (Lipinski definition) is 1. The summed E-state index contributed by atoms with van der Waals surface area (Å²) in [5, 5.41) is 0. The van der Waals surface area contributed by atoms with Gasteiger partial charge in [0.25, 0.3) is 0 Å². The monoisotopic (exact) mass is 310 g/mol. The van der Waals surface area contributed by atoms with E-state index in [9.17, 15) is 8.42 Å². The predicted octanol–water partition coefficient (Wildman–Crippen LogP) is 3.08. The van der Waals surface area contributed by atoms with Gasteiger partial charge in [-0.15, -0.1) is 0 Å². The fraction of sp³-hybridized carbons (Fsp3) is 0.625. The Morgan fingerprint density at radius 3 is 2.33 bits per heavy atom. The van der Waals surface area contributed by atoms with Gasteiger partial charge in [-0.3, -0.25) is 0 Å². The number of anilines is 1. The lowest BCUT2D eigenvalue weighted by Crippen LogP contribution is -2.43. The first-order chi connectivity index (χ1) is 9.76. The molecule has 0 amide bonds. The number of hydrogen-bond acceptors (Lipinski definition) is 3. The summed E-state index contributed by atoms with van der Waals surface area (Å²) in [6.07, 6.45) is 4.31. The molecule has 1 aromatic carbocycles. The van der Waals surface area contributed by atoms with Crippen LogP contribution in [0.5, 0.6) is 0 Å². The Balaban J connectivity index is 2.45. The molecule has 0 bridgehead atoms. The van der Waals surface area contributed by atoms with E-state index in [1.54, 1.807) is 18.3 Å². The molecule has 4 nitrogen and oxygen atoms in total. The Kier molecular flexibility index (Phi) is 4.63. The molecular weight excluding hydrogens is 284 g/mol. The highest BCUT2D eigenvalue weighted by Crippen LogP contribution is 2.34. The minimum absolute atomic E-state index is 0.0723. The minimum atomic E-state index is -3.55. The second-order valence-corrected chi connectivity index (χ2v) is 8.23. The molecular formula is C16H26N2O2S. The van der Waals surface area contributed by atoms with Crippen LogP contribution in [0.25, 0.3) is 0 Å². The molecule has 118 valence electrons. The number of nitrogen functional groups attached to an aromatic ring is 1. The molecule has 1 aliphatic carbocycles. The van der Waals surface area contributed by atoms with Gasteiger partial charge in [-0.25, -0.2) is 8.42 Å². The van der Waals surface area contributed by atoms with Gasteiger partial charge in [0.2, 0.25) is 10.0 Å². The summed E-state index contributed by atoms with van der Waals surface area (Å²) in [6, 6.07) is 3.77. The highest BCUT2D eigenvalue weighted by molar-refractivity contribution is 7.89. The van der Waals surface area contributed by atoms with Crippen LogP contribution in [0.15, 0.2) is 17.0 Å². The standard InChI is InChI=1S/C16H26N2O2S/c1-11-7-5-6-8-14(11)18(4)21(19,20)16-13(3)10-9-12(2)15(16)17/h9-11,14H,5-8,17H2,1-4H3. The van der Waals surface area contributed by atoms with Crippen molar-refractivity contribution in [3.8, 4) is 0 Å². The smallest absolute Gasteiger partial charge is 0.245 e. The van der Waals surface area contributed by atoms with E-state index in [2.05, 4.69) is 6.92 Å². The molecule has 0 aromatic heterocycles. The first-order valence-corrected chi connectivity index (χ1v) is 9.04. The van der Waals surface area contributed by atoms with Crippen LogP contribution in [0.4, 0.5) is 5.69 Å². The SMILES string of the molecule is Cc1ccc(C)c(S(=O)(=O)N(C)C2CCCCC2C)c1N. The first kappa shape index (κ1) is 16.3. The van der Waals surface area contributed by atoms with E-state index in [-0.39, 0.29) is 10.9 Å². The maximum atomic E-state index is 13.0. The molecule has 0 radical (unpaired) electrons. The van der Waals surface area contributed by atoms with Gasteiger partial charge in [0.15, 0.2) is 0 Å². The maximum Gasteiger partial charge on any atom is 0.245 e. The highest BCUT2D eigenvalue weighted by atomic mass is 32.2. The van der Waals surface area contributed by atoms with Gasteiger partial charge in [-0.2, -0.15) is 4.31 Å². The van der Waals surface area contributed by atoms with Crippen LogP contribution >= 0.6 is 0 Å². The molecule has 21 heavy (non-hydrogen) atoms. The molecule has 0 saturated heterocycles. The molecule has 0 aliphatic heterocycles. The fourth-order valence-corrected chi connectivity index (χ4v) is 5.18. The average Bonchev–Trinajstić information content (AvgIpc) is 2.43. The quantitative estimate of drug-likeness (QED) is 0.873. The zero-order valence-electron chi connectivity index (χ0n) is 13.4. The summed E-state index contributed by atoms with van der Waals surface area (Å²) in [5.41, 5.74) is 7.97. The van der Waals surface area contributed by atoms with Gasteiger partial charge in [-0.05, 0) is 43.7 Å². The van der Waals surface area contributed by atoms with Crippen molar-refractivity contribution in [1.82, 2.24) is 4.31 Å². The van der Waals surface area contributed by atoms with E-state index in [4.69, 9.17) is 5.73 Å². The van der Waals surface area contributed by atoms with E-state index >= 15 is 0 Å². The second kappa shape index (κ2) is 5.97. The Bertz CT molecular complexity index is 625. The van der Waals surface area contributed by atoms with Crippen molar-refractivity contribution in [3.05, 3.63) is 23.3 Å². The van der Waals surface area contributed by atoms with E-state index in [0.29, 0.717) is 17.2 Å². The van der Waals surface area contributed by atoms with Crippen LogP contribution in [0, 0.1) is 19.8 Å². The average molecular weight is 310 g/mol. The topological polar surface area (TPSA) is 63.4 Å². The summed E-state index contributed by atoms with van der Waals surface area (Å²) in [6.45, 7) is 5.79. The molecule has 2 unspecified atom stereocenters. The van der Waals surface area contributed by atoms with Crippen molar-refractivity contribution < 1.29 is 8.42 Å². The summed E-state index contributed by atoms with van der Waals surface area (Å²) >= 11 is 0. The van der Waals surface area contributed by atoms with Crippen molar-refractivity contribution in [2.24, 2.45) is 5.92 Å². The number of benzene rings is 1. The van der Waals surface area contributed by atoms with E-state index in [1.807, 2.05) is 19.1 Å². The van der Waals surface area contributed by atoms with E-state index < -0.39 is 10.0 Å². The van der Waals surface area contributed by atoms with Crippen molar-refractivity contribution in [2.75, 3.05) is 12.8 Å². The summed E-state index contributed by atoms with van der Waals surface area (Å²) in [7, 11) is -1.85. The zero-order chi connectivity index (χ0) is 15.8. The van der Waals surface area contributed by atoms with Gasteiger partial charge in [-0.1, -0.05) is 31.9 Å². The molecule has 5 heteroatoms. The zero-order valence-corrected chi connectivity index (χ0v) is 14.2. The highest BCUT2D eigenvalue weighted by Gasteiger charge is 2.34. The van der Waals surface area contributed by atoms with Crippen LogP contribution in [0.2, 0.25) is 0 Å². The van der Waals surface area contributed by atoms with Crippen LogP contribution in [0.1, 0.15) is 43.7 Å². The summed E-state index contributed by atoms with van der Waals surface area (Å²) in [4.78, 5) is 0.280. The molecule has 1 aromatic rings. The Morgan fingerprint density at radius 2 is 1.71 bits per heavy atom. The van der Waals surface area contributed by atoms with Crippen LogP contribution in [0.3, 0.4) is 0 Å². The molecule has 2 N–H and O–H groups in total. The van der Waals surface area contributed by atoms with Crippen molar-refractivity contribution in [3.63, 3.8) is 0 Å². The van der Waals surface area contributed by atoms with Crippen LogP contribution < -0.4 is 5.73 Å². The van der Waals surface area contributed by atoms with Gasteiger partial charge < -0.3 is 5.73 Å². The number of nitrogens with zero attached hydrogens (tertiary/aromatic N) is 1. The van der Waals surface area contributed by atoms with Gasteiger partial charge in [0, 0.05) is 13.1 Å². The Morgan fingerprint density at radius 1 is 1.14 bits per heavy atom. The van der Waals surface area contributed by atoms with Crippen molar-refractivity contribution >= 4 is 15.7 Å². The number of rotatable bonds is 3. The van der Waals surface area contributed by atoms with Crippen LogP contribution in [-0.2, 0) is 10.0 Å². The summed E-state index contributed by atoms with van der Waals surface area (Å²) in [5.74, 6) is 0.393. The fourth-order valence-electron chi connectivity index (χ4n) is 3.31. The molecule has 1 saturated carbocycles. The molecule has 2 rings (SSSR count). The van der Waals surface area contributed by atoms with Gasteiger partial charge in [0.05, 0.1) is 5.69 Å². The molecule has 0 heterocycles. The second-order valence-electron chi connectivity index (χ2n) is 6.29. The minimum Gasteiger partial charge on any atom is -0.397 e. The van der Waals surface area contributed by atoms with Crippen molar-refractivity contribution in [1.29, 1.82) is 0 Å². The summed E-state index contributed by atoms with van der Waals surface area (Å²) < 4.78 is 27.6. The lowest BCUT2D eigenvalue weighted by atomic mass is 9.86. The Hall–Kier alpha value is -1.07. The molecule has 0 spiro atoms. The lowest BCUT2D eigenvalue weighted by Gasteiger charge is -2.36. The third kappa shape index (κ3) is 2.94. The van der Waals surface area contributed by atoms with Gasteiger partial charge in [0.1, 0.15) is 4.90 Å². The van der Waals surface area contributed by atoms with Gasteiger partial charge >= 0.3 is 0 Å². The molecule has 2 atom stereocenters. The molecule has 1 aliphatic rings. The predicted molar refractivity (Wildman–Crippen MR) is 86.7 cm³/mol. The third-order valence-corrected chi connectivity index (χ3v) is 6.87. The van der Waals surface area contributed by atoms with E-state index in [1.165, 1.54) is 6.42 Å². The molecule has 1 fully saturated rings. The van der Waals surface area contributed by atoms with E-state index in [0.717, 1.165) is 24.8 Å². The normalized spacial score (nSPS) is 23.5. The largest absolute Gasteiger partial charge is 0.397 e. The lowest BCUT2D eigenvalue weighted by molar-refractivity contribution is 0.213. The first-order valence-electron chi connectivity index (χ1n) is 7.60. The van der Waals surface area contributed by atoms with Crippen molar-refractivity contribution in [2.45, 2.75) is 57.4 Å². The maximum absolute atomic E-state index is 13.0. The third-order valence-electron chi connectivity index (χ3n) is 4.78. The number of nitrogens with two attached hydrogens (primary N) is 1.